The topological polar surface area (TPSA) is 47.6 Å². The summed E-state index contributed by atoms with van der Waals surface area (Å²) in [5.41, 5.74) is 1.20. The number of nitrogens with one attached hydrogen (secondary N) is 1. The summed E-state index contributed by atoms with van der Waals surface area (Å²) in [4.78, 5) is 12.0. The molecular weight excluding hydrogens is 337 g/mol. The summed E-state index contributed by atoms with van der Waals surface area (Å²) in [5.74, 6) is 0.954. The minimum absolute atomic E-state index is 0.327. The van der Waals surface area contributed by atoms with Crippen LogP contribution < -0.4 is 14.8 Å². The molecule has 2 rings (SSSR count). The molecule has 1 N–H and O–H groups in total. The van der Waals surface area contributed by atoms with Crippen LogP contribution in [0.4, 0.5) is 5.69 Å². The molecule has 0 bridgehead atoms. The third-order valence-electron chi connectivity index (χ3n) is 3.04. The zero-order valence-corrected chi connectivity index (χ0v) is 14.1. The molecule has 2 aromatic rings. The first kappa shape index (κ1) is 17.2. The lowest BCUT2D eigenvalue weighted by Crippen LogP contribution is -2.08. The Bertz CT molecular complexity index is 745. The van der Waals surface area contributed by atoms with Crippen molar-refractivity contribution in [2.75, 3.05) is 19.5 Å². The summed E-state index contributed by atoms with van der Waals surface area (Å²) in [6.07, 6.45) is 3.04. The molecule has 0 aliphatic carbocycles. The number of carbonyl (C=O) groups is 1. The van der Waals surface area contributed by atoms with E-state index in [1.54, 1.807) is 56.7 Å². The van der Waals surface area contributed by atoms with Crippen molar-refractivity contribution in [3.05, 3.63) is 58.1 Å². The van der Waals surface area contributed by atoms with Gasteiger partial charge in [-0.2, -0.15) is 0 Å². The number of rotatable bonds is 5. The van der Waals surface area contributed by atoms with Crippen molar-refractivity contribution in [1.29, 1.82) is 0 Å². The van der Waals surface area contributed by atoms with Gasteiger partial charge in [-0.05, 0) is 36.4 Å². The zero-order valence-electron chi connectivity index (χ0n) is 12.6. The van der Waals surface area contributed by atoms with Crippen LogP contribution in [0.5, 0.6) is 11.5 Å². The third-order valence-corrected chi connectivity index (χ3v) is 3.61. The van der Waals surface area contributed by atoms with E-state index in [4.69, 9.17) is 32.7 Å². The van der Waals surface area contributed by atoms with Crippen LogP contribution in [-0.2, 0) is 4.79 Å². The predicted octanol–water partition coefficient (Wildman–Crippen LogP) is 4.66. The van der Waals surface area contributed by atoms with Gasteiger partial charge in [0.05, 0.1) is 24.9 Å². The van der Waals surface area contributed by atoms with Crippen molar-refractivity contribution in [3.63, 3.8) is 0 Å². The van der Waals surface area contributed by atoms with Crippen LogP contribution >= 0.6 is 23.2 Å². The summed E-state index contributed by atoms with van der Waals surface area (Å²) in [7, 11) is 3.13. The lowest BCUT2D eigenvalue weighted by Gasteiger charge is -2.08. The zero-order chi connectivity index (χ0) is 16.8. The van der Waals surface area contributed by atoms with E-state index >= 15 is 0 Å². The van der Waals surface area contributed by atoms with E-state index < -0.39 is 0 Å². The first-order valence-electron chi connectivity index (χ1n) is 6.69. The highest BCUT2D eigenvalue weighted by Crippen LogP contribution is 2.27. The van der Waals surface area contributed by atoms with E-state index in [-0.39, 0.29) is 5.91 Å². The number of halogens is 2. The molecule has 0 saturated heterocycles. The molecule has 23 heavy (non-hydrogen) atoms. The Morgan fingerprint density at radius 2 is 1.87 bits per heavy atom. The number of carbonyl (C=O) groups excluding carboxylic acids is 1. The lowest BCUT2D eigenvalue weighted by molar-refractivity contribution is -0.111. The van der Waals surface area contributed by atoms with E-state index in [0.29, 0.717) is 27.2 Å². The Morgan fingerprint density at radius 1 is 1.09 bits per heavy atom. The molecule has 120 valence electrons. The summed E-state index contributed by atoms with van der Waals surface area (Å²) in [6, 6.07) is 10.2. The standard InChI is InChI=1S/C17H15Cl2NO3/c1-22-13-6-3-11(16(10-13)23-2)4-8-17(21)20-15-9-12(18)5-7-14(15)19/h3-10H,1-2H3,(H,20,21). The molecule has 0 aliphatic heterocycles. The Morgan fingerprint density at radius 3 is 2.57 bits per heavy atom. The van der Waals surface area contributed by atoms with Gasteiger partial charge in [0.1, 0.15) is 11.5 Å². The molecule has 0 spiro atoms. The van der Waals surface area contributed by atoms with Crippen LogP contribution in [-0.4, -0.2) is 20.1 Å². The maximum atomic E-state index is 12.0. The van der Waals surface area contributed by atoms with E-state index in [0.717, 1.165) is 5.56 Å². The maximum Gasteiger partial charge on any atom is 0.248 e. The van der Waals surface area contributed by atoms with Crippen LogP contribution in [0.25, 0.3) is 6.08 Å². The van der Waals surface area contributed by atoms with Gasteiger partial charge in [-0.1, -0.05) is 23.2 Å². The quantitative estimate of drug-likeness (QED) is 0.796. The van der Waals surface area contributed by atoms with Gasteiger partial charge in [0.25, 0.3) is 0 Å². The highest BCUT2D eigenvalue weighted by Gasteiger charge is 2.06. The molecule has 0 atom stereocenters. The van der Waals surface area contributed by atoms with Gasteiger partial charge in [-0.25, -0.2) is 0 Å². The van der Waals surface area contributed by atoms with Gasteiger partial charge in [-0.3, -0.25) is 4.79 Å². The van der Waals surface area contributed by atoms with Gasteiger partial charge in [0.2, 0.25) is 5.91 Å². The van der Waals surface area contributed by atoms with Crippen molar-refractivity contribution < 1.29 is 14.3 Å². The van der Waals surface area contributed by atoms with Crippen LogP contribution in [0.2, 0.25) is 10.0 Å². The molecule has 0 heterocycles. The lowest BCUT2D eigenvalue weighted by atomic mass is 10.1. The third kappa shape index (κ3) is 4.65. The second-order valence-corrected chi connectivity index (χ2v) is 5.40. The number of methoxy groups -OCH3 is 2. The number of benzene rings is 2. The van der Waals surface area contributed by atoms with Crippen molar-refractivity contribution >= 4 is 40.9 Å². The average Bonchev–Trinajstić information content (AvgIpc) is 2.56. The molecule has 0 fully saturated rings. The van der Waals surface area contributed by atoms with Gasteiger partial charge in [0.15, 0.2) is 0 Å². The first-order chi connectivity index (χ1) is 11.0. The number of hydrogen-bond donors (Lipinski definition) is 1. The Labute approximate surface area is 144 Å². The normalized spacial score (nSPS) is 10.6. The minimum atomic E-state index is -0.327. The monoisotopic (exact) mass is 351 g/mol. The number of hydrogen-bond acceptors (Lipinski definition) is 3. The van der Waals surface area contributed by atoms with E-state index in [2.05, 4.69) is 5.32 Å². The minimum Gasteiger partial charge on any atom is -0.497 e. The Balaban J connectivity index is 2.13. The van der Waals surface area contributed by atoms with Crippen molar-refractivity contribution in [2.45, 2.75) is 0 Å². The van der Waals surface area contributed by atoms with Gasteiger partial charge in [-0.15, -0.1) is 0 Å². The predicted molar refractivity (Wildman–Crippen MR) is 93.7 cm³/mol. The van der Waals surface area contributed by atoms with E-state index in [1.165, 1.54) is 6.08 Å². The summed E-state index contributed by atoms with van der Waals surface area (Å²) < 4.78 is 10.4. The molecule has 0 aliphatic rings. The Hall–Kier alpha value is -2.17. The first-order valence-corrected chi connectivity index (χ1v) is 7.45. The van der Waals surface area contributed by atoms with Gasteiger partial charge >= 0.3 is 0 Å². The average molecular weight is 352 g/mol. The number of ether oxygens (including phenoxy) is 2. The van der Waals surface area contributed by atoms with Gasteiger partial charge in [0, 0.05) is 22.7 Å². The SMILES string of the molecule is COc1ccc(C=CC(=O)Nc2cc(Cl)ccc2Cl)c(OC)c1. The number of amides is 1. The molecule has 6 heteroatoms. The molecule has 0 aromatic heterocycles. The molecular formula is C17H15Cl2NO3. The highest BCUT2D eigenvalue weighted by molar-refractivity contribution is 6.35. The fourth-order valence-electron chi connectivity index (χ4n) is 1.89. The Kier molecular flexibility index (Phi) is 5.90. The van der Waals surface area contributed by atoms with Crippen LogP contribution in [0.3, 0.4) is 0 Å². The summed E-state index contributed by atoms with van der Waals surface area (Å²) in [6.45, 7) is 0. The molecule has 1 amide bonds. The fourth-order valence-corrected chi connectivity index (χ4v) is 2.23. The van der Waals surface area contributed by atoms with Gasteiger partial charge < -0.3 is 14.8 Å². The molecule has 0 saturated carbocycles. The summed E-state index contributed by atoms with van der Waals surface area (Å²) in [5, 5.41) is 3.58. The van der Waals surface area contributed by atoms with Crippen LogP contribution in [0, 0.1) is 0 Å². The fraction of sp³-hybridized carbons (Fsp3) is 0.118. The summed E-state index contributed by atoms with van der Waals surface area (Å²) >= 11 is 11.9. The van der Waals surface area contributed by atoms with Crippen molar-refractivity contribution in [1.82, 2.24) is 0 Å². The van der Waals surface area contributed by atoms with Crippen molar-refractivity contribution in [3.8, 4) is 11.5 Å². The second kappa shape index (κ2) is 7.90. The largest absolute Gasteiger partial charge is 0.497 e. The van der Waals surface area contributed by atoms with E-state index in [9.17, 15) is 4.79 Å². The molecule has 0 radical (unpaired) electrons. The van der Waals surface area contributed by atoms with Crippen molar-refractivity contribution in [2.24, 2.45) is 0 Å². The second-order valence-electron chi connectivity index (χ2n) is 4.55. The molecule has 4 nitrogen and oxygen atoms in total. The molecule has 0 unspecified atom stereocenters. The van der Waals surface area contributed by atoms with Crippen LogP contribution in [0.1, 0.15) is 5.56 Å². The maximum absolute atomic E-state index is 12.0. The number of anilines is 1. The van der Waals surface area contributed by atoms with Crippen LogP contribution in [0.15, 0.2) is 42.5 Å². The highest BCUT2D eigenvalue weighted by atomic mass is 35.5. The smallest absolute Gasteiger partial charge is 0.248 e. The molecule has 2 aromatic carbocycles. The van der Waals surface area contributed by atoms with E-state index in [1.807, 2.05) is 0 Å².